The van der Waals surface area contributed by atoms with E-state index in [-0.39, 0.29) is 5.28 Å². The van der Waals surface area contributed by atoms with Crippen molar-refractivity contribution in [2.75, 3.05) is 5.43 Å². The number of nitrogens with zero attached hydrogens (tertiary/aromatic N) is 2. The molecule has 3 aromatic rings. The van der Waals surface area contributed by atoms with Crippen molar-refractivity contribution in [3.8, 4) is 10.4 Å². The predicted octanol–water partition coefficient (Wildman–Crippen LogP) is 3.30. The SMILES string of the molecule is NNc1nc(Cl)nc2cc(-c3ccccc3)sc12. The summed E-state index contributed by atoms with van der Waals surface area (Å²) < 4.78 is 0.903. The second-order valence-electron chi connectivity index (χ2n) is 3.68. The van der Waals surface area contributed by atoms with E-state index in [1.165, 1.54) is 0 Å². The number of benzene rings is 1. The van der Waals surface area contributed by atoms with E-state index in [9.17, 15) is 0 Å². The number of nitrogens with two attached hydrogens (primary N) is 1. The molecule has 0 bridgehead atoms. The Morgan fingerprint density at radius 2 is 1.94 bits per heavy atom. The molecule has 0 aliphatic carbocycles. The van der Waals surface area contributed by atoms with Crippen LogP contribution in [0.3, 0.4) is 0 Å². The van der Waals surface area contributed by atoms with Gasteiger partial charge in [0.2, 0.25) is 5.28 Å². The van der Waals surface area contributed by atoms with Gasteiger partial charge in [-0.3, -0.25) is 0 Å². The number of hydrazine groups is 1. The van der Waals surface area contributed by atoms with Gasteiger partial charge >= 0.3 is 0 Å². The second-order valence-corrected chi connectivity index (χ2v) is 5.07. The molecule has 2 heterocycles. The molecule has 0 saturated carbocycles. The lowest BCUT2D eigenvalue weighted by molar-refractivity contribution is 1.19. The Kier molecular flexibility index (Phi) is 2.87. The fourth-order valence-corrected chi connectivity index (χ4v) is 2.97. The Morgan fingerprint density at radius 1 is 1.17 bits per heavy atom. The van der Waals surface area contributed by atoms with Crippen LogP contribution in [-0.4, -0.2) is 9.97 Å². The number of rotatable bonds is 2. The van der Waals surface area contributed by atoms with Gasteiger partial charge in [-0.1, -0.05) is 30.3 Å². The molecule has 18 heavy (non-hydrogen) atoms. The highest BCUT2D eigenvalue weighted by atomic mass is 35.5. The number of anilines is 1. The minimum atomic E-state index is 0.188. The van der Waals surface area contributed by atoms with Crippen LogP contribution in [0.15, 0.2) is 36.4 Å². The van der Waals surface area contributed by atoms with Gasteiger partial charge in [-0.15, -0.1) is 11.3 Å². The zero-order valence-electron chi connectivity index (χ0n) is 9.22. The van der Waals surface area contributed by atoms with Gasteiger partial charge in [-0.25, -0.2) is 10.8 Å². The van der Waals surface area contributed by atoms with Crippen LogP contribution in [0.4, 0.5) is 5.82 Å². The van der Waals surface area contributed by atoms with Crippen LogP contribution in [-0.2, 0) is 0 Å². The van der Waals surface area contributed by atoms with Gasteiger partial charge in [-0.2, -0.15) is 4.98 Å². The molecule has 0 aliphatic rings. The van der Waals surface area contributed by atoms with Crippen molar-refractivity contribution >= 4 is 39.0 Å². The maximum Gasteiger partial charge on any atom is 0.225 e. The molecule has 0 saturated heterocycles. The Morgan fingerprint density at radius 3 is 2.67 bits per heavy atom. The summed E-state index contributed by atoms with van der Waals surface area (Å²) in [5, 5.41) is 0.188. The van der Waals surface area contributed by atoms with Crippen molar-refractivity contribution in [2.24, 2.45) is 5.84 Å². The van der Waals surface area contributed by atoms with Crippen molar-refractivity contribution in [1.29, 1.82) is 0 Å². The molecule has 0 radical (unpaired) electrons. The number of nitrogen functional groups attached to an aromatic ring is 1. The maximum atomic E-state index is 5.84. The highest BCUT2D eigenvalue weighted by molar-refractivity contribution is 7.22. The van der Waals surface area contributed by atoms with Crippen LogP contribution in [0, 0.1) is 0 Å². The van der Waals surface area contributed by atoms with Crippen LogP contribution >= 0.6 is 22.9 Å². The third-order valence-electron chi connectivity index (χ3n) is 2.54. The number of hydrogen-bond donors (Lipinski definition) is 2. The van der Waals surface area contributed by atoms with Crippen molar-refractivity contribution < 1.29 is 0 Å². The average Bonchev–Trinajstić information content (AvgIpc) is 2.82. The molecule has 4 nitrogen and oxygen atoms in total. The van der Waals surface area contributed by atoms with E-state index in [0.717, 1.165) is 20.7 Å². The van der Waals surface area contributed by atoms with Crippen LogP contribution in [0.2, 0.25) is 5.28 Å². The van der Waals surface area contributed by atoms with E-state index in [0.29, 0.717) is 5.82 Å². The Labute approximate surface area is 112 Å². The van der Waals surface area contributed by atoms with Crippen molar-refractivity contribution in [1.82, 2.24) is 9.97 Å². The average molecular weight is 277 g/mol. The van der Waals surface area contributed by atoms with Crippen molar-refractivity contribution in [2.45, 2.75) is 0 Å². The lowest BCUT2D eigenvalue weighted by Crippen LogP contribution is -2.08. The molecule has 0 spiro atoms. The number of halogens is 1. The monoisotopic (exact) mass is 276 g/mol. The molecule has 6 heteroatoms. The molecule has 0 amide bonds. The van der Waals surface area contributed by atoms with E-state index >= 15 is 0 Å². The summed E-state index contributed by atoms with van der Waals surface area (Å²) in [5.74, 6) is 5.99. The minimum Gasteiger partial charge on any atom is -0.307 e. The van der Waals surface area contributed by atoms with Gasteiger partial charge < -0.3 is 5.43 Å². The number of aromatic nitrogens is 2. The van der Waals surface area contributed by atoms with Crippen LogP contribution < -0.4 is 11.3 Å². The minimum absolute atomic E-state index is 0.188. The summed E-state index contributed by atoms with van der Waals surface area (Å²) in [6.07, 6.45) is 0. The summed E-state index contributed by atoms with van der Waals surface area (Å²) in [6, 6.07) is 12.1. The second kappa shape index (κ2) is 4.53. The summed E-state index contributed by atoms with van der Waals surface area (Å²) in [4.78, 5) is 9.36. The smallest absolute Gasteiger partial charge is 0.225 e. The fourth-order valence-electron chi connectivity index (χ4n) is 1.74. The van der Waals surface area contributed by atoms with Gasteiger partial charge in [0, 0.05) is 4.88 Å². The number of fused-ring (bicyclic) bond motifs is 1. The van der Waals surface area contributed by atoms with Gasteiger partial charge in [0.05, 0.1) is 10.2 Å². The molecule has 2 aromatic heterocycles. The van der Waals surface area contributed by atoms with E-state index in [1.54, 1.807) is 11.3 Å². The molecule has 0 atom stereocenters. The fraction of sp³-hybridized carbons (Fsp3) is 0. The molecule has 3 rings (SSSR count). The summed E-state index contributed by atoms with van der Waals surface area (Å²) in [5.41, 5.74) is 4.49. The summed E-state index contributed by atoms with van der Waals surface area (Å²) in [7, 11) is 0. The van der Waals surface area contributed by atoms with Crippen LogP contribution in [0.25, 0.3) is 20.7 Å². The Bertz CT molecular complexity index is 696. The lowest BCUT2D eigenvalue weighted by atomic mass is 10.2. The van der Waals surface area contributed by atoms with E-state index in [2.05, 4.69) is 27.5 Å². The zero-order chi connectivity index (χ0) is 12.5. The van der Waals surface area contributed by atoms with Crippen molar-refractivity contribution in [3.05, 3.63) is 41.7 Å². The number of thiophene rings is 1. The first-order valence-electron chi connectivity index (χ1n) is 5.27. The summed E-state index contributed by atoms with van der Waals surface area (Å²) in [6.45, 7) is 0. The summed E-state index contributed by atoms with van der Waals surface area (Å²) >= 11 is 7.43. The molecule has 1 aromatic carbocycles. The van der Waals surface area contributed by atoms with Gasteiger partial charge in [0.15, 0.2) is 5.82 Å². The highest BCUT2D eigenvalue weighted by Crippen LogP contribution is 2.36. The standard InChI is InChI=1S/C12H9ClN4S/c13-12-15-8-6-9(7-4-2-1-3-5-7)18-10(8)11(16-12)17-14/h1-6H,14H2,(H,15,16,17). The zero-order valence-corrected chi connectivity index (χ0v) is 10.8. The number of nitrogens with one attached hydrogen (secondary N) is 1. The topological polar surface area (TPSA) is 63.8 Å². The first kappa shape index (κ1) is 11.4. The van der Waals surface area contributed by atoms with Crippen molar-refractivity contribution in [3.63, 3.8) is 0 Å². The predicted molar refractivity (Wildman–Crippen MR) is 75.7 cm³/mol. The first-order valence-corrected chi connectivity index (χ1v) is 6.46. The molecular formula is C12H9ClN4S. The highest BCUT2D eigenvalue weighted by Gasteiger charge is 2.11. The Balaban J connectivity index is 2.23. The quantitative estimate of drug-likeness (QED) is 0.428. The van der Waals surface area contributed by atoms with E-state index < -0.39 is 0 Å². The normalized spacial score (nSPS) is 10.8. The van der Waals surface area contributed by atoms with E-state index in [4.69, 9.17) is 17.4 Å². The molecule has 3 N–H and O–H groups in total. The van der Waals surface area contributed by atoms with Crippen LogP contribution in [0.5, 0.6) is 0 Å². The van der Waals surface area contributed by atoms with Gasteiger partial charge in [0.25, 0.3) is 0 Å². The van der Waals surface area contributed by atoms with Crippen LogP contribution in [0.1, 0.15) is 0 Å². The van der Waals surface area contributed by atoms with Gasteiger partial charge in [0.1, 0.15) is 0 Å². The molecule has 0 aliphatic heterocycles. The molecule has 90 valence electrons. The molecule has 0 fully saturated rings. The van der Waals surface area contributed by atoms with E-state index in [1.807, 2.05) is 24.3 Å². The molecule has 0 unspecified atom stereocenters. The first-order chi connectivity index (χ1) is 8.78. The molecular weight excluding hydrogens is 268 g/mol. The third kappa shape index (κ3) is 1.92. The Hall–Kier alpha value is -1.69. The maximum absolute atomic E-state index is 5.84. The largest absolute Gasteiger partial charge is 0.307 e. The number of hydrogen-bond acceptors (Lipinski definition) is 5. The van der Waals surface area contributed by atoms with Gasteiger partial charge in [-0.05, 0) is 23.2 Å². The third-order valence-corrected chi connectivity index (χ3v) is 3.89. The lowest BCUT2D eigenvalue weighted by Gasteiger charge is -1.99.